The number of nitrogen functional groups attached to an aromatic ring is 1. The van der Waals surface area contributed by atoms with Crippen molar-refractivity contribution >= 4 is 11.5 Å². The molecule has 1 aliphatic carbocycles. The minimum Gasteiger partial charge on any atom is -0.481 e. The lowest BCUT2D eigenvalue weighted by atomic mass is 10.1. The molecule has 1 aromatic heterocycles. The molecule has 4 nitrogen and oxygen atoms in total. The molecule has 1 fully saturated rings. The fraction of sp³-hybridized carbons (Fsp3) is 0.688. The molecule has 0 amide bonds. The minimum atomic E-state index is 0.579. The number of rotatable bonds is 6. The van der Waals surface area contributed by atoms with Crippen molar-refractivity contribution in [1.29, 1.82) is 0 Å². The van der Waals surface area contributed by atoms with E-state index in [0.717, 1.165) is 24.5 Å². The van der Waals surface area contributed by atoms with Crippen LogP contribution in [0.4, 0.5) is 11.5 Å². The van der Waals surface area contributed by atoms with Gasteiger partial charge in [-0.3, -0.25) is 0 Å². The first kappa shape index (κ1) is 14.9. The summed E-state index contributed by atoms with van der Waals surface area (Å²) in [6, 6.07) is 4.31. The van der Waals surface area contributed by atoms with Gasteiger partial charge in [0.15, 0.2) is 5.82 Å². The van der Waals surface area contributed by atoms with Gasteiger partial charge in [0.2, 0.25) is 5.88 Å². The summed E-state index contributed by atoms with van der Waals surface area (Å²) in [5, 5.41) is 0. The van der Waals surface area contributed by atoms with Gasteiger partial charge in [0, 0.05) is 18.7 Å². The van der Waals surface area contributed by atoms with E-state index in [-0.39, 0.29) is 0 Å². The highest BCUT2D eigenvalue weighted by molar-refractivity contribution is 5.64. The molecule has 0 atom stereocenters. The number of nitrogens with two attached hydrogens (primary N) is 1. The predicted molar refractivity (Wildman–Crippen MR) is 84.3 cm³/mol. The Morgan fingerprint density at radius 3 is 2.65 bits per heavy atom. The average molecular weight is 277 g/mol. The summed E-state index contributed by atoms with van der Waals surface area (Å²) < 4.78 is 5.25. The van der Waals surface area contributed by atoms with Gasteiger partial charge in [0.25, 0.3) is 0 Å². The Morgan fingerprint density at radius 1 is 1.35 bits per heavy atom. The van der Waals surface area contributed by atoms with E-state index in [1.165, 1.54) is 25.7 Å². The number of aromatic nitrogens is 1. The van der Waals surface area contributed by atoms with Crippen LogP contribution in [0.2, 0.25) is 0 Å². The number of methoxy groups -OCH3 is 1. The second-order valence-corrected chi connectivity index (χ2v) is 6.08. The standard InChI is InChI=1S/C16H27N3O/c1-12(2)10-11-19(13-6-4-5-7-13)16-14(17)8-9-15(18-16)20-3/h8-9,12-13H,4-7,10-11,17H2,1-3H3. The third-order valence-electron chi connectivity index (χ3n) is 4.07. The zero-order chi connectivity index (χ0) is 14.5. The lowest BCUT2D eigenvalue weighted by molar-refractivity contribution is 0.397. The number of nitrogens with zero attached hydrogens (tertiary/aromatic N) is 2. The van der Waals surface area contributed by atoms with E-state index in [4.69, 9.17) is 10.5 Å². The van der Waals surface area contributed by atoms with Crippen molar-refractivity contribution in [3.63, 3.8) is 0 Å². The maximum Gasteiger partial charge on any atom is 0.215 e. The molecule has 0 unspecified atom stereocenters. The lowest BCUT2D eigenvalue weighted by Gasteiger charge is -2.31. The molecule has 0 aromatic carbocycles. The molecule has 2 rings (SSSR count). The topological polar surface area (TPSA) is 51.4 Å². The van der Waals surface area contributed by atoms with Crippen LogP contribution in [-0.4, -0.2) is 24.7 Å². The van der Waals surface area contributed by atoms with E-state index in [2.05, 4.69) is 23.7 Å². The molecule has 1 saturated carbocycles. The van der Waals surface area contributed by atoms with E-state index >= 15 is 0 Å². The Kier molecular flexibility index (Phi) is 5.10. The molecular formula is C16H27N3O. The molecule has 0 radical (unpaired) electrons. The first-order valence-corrected chi connectivity index (χ1v) is 7.69. The average Bonchev–Trinajstić information content (AvgIpc) is 2.94. The second-order valence-electron chi connectivity index (χ2n) is 6.08. The summed E-state index contributed by atoms with van der Waals surface area (Å²) in [5.74, 6) is 2.23. The summed E-state index contributed by atoms with van der Waals surface area (Å²) in [7, 11) is 1.65. The summed E-state index contributed by atoms with van der Waals surface area (Å²) in [6.07, 6.45) is 6.28. The molecule has 2 N–H and O–H groups in total. The van der Waals surface area contributed by atoms with Crippen LogP contribution >= 0.6 is 0 Å². The molecule has 1 heterocycles. The predicted octanol–water partition coefficient (Wildman–Crippen LogP) is 3.47. The van der Waals surface area contributed by atoms with E-state index in [1.54, 1.807) is 7.11 Å². The van der Waals surface area contributed by atoms with Gasteiger partial charge in [-0.2, -0.15) is 4.98 Å². The monoisotopic (exact) mass is 277 g/mol. The van der Waals surface area contributed by atoms with Gasteiger partial charge >= 0.3 is 0 Å². The minimum absolute atomic E-state index is 0.579. The molecule has 4 heteroatoms. The number of anilines is 2. The zero-order valence-corrected chi connectivity index (χ0v) is 12.9. The highest BCUT2D eigenvalue weighted by atomic mass is 16.5. The summed E-state index contributed by atoms with van der Waals surface area (Å²) >= 11 is 0. The SMILES string of the molecule is COc1ccc(N)c(N(CCC(C)C)C2CCCC2)n1. The molecule has 112 valence electrons. The fourth-order valence-corrected chi connectivity index (χ4v) is 2.86. The molecule has 0 saturated heterocycles. The van der Waals surface area contributed by atoms with Crippen LogP contribution in [-0.2, 0) is 0 Å². The van der Waals surface area contributed by atoms with E-state index in [0.29, 0.717) is 17.8 Å². The third-order valence-corrected chi connectivity index (χ3v) is 4.07. The highest BCUT2D eigenvalue weighted by Gasteiger charge is 2.25. The normalized spacial score (nSPS) is 15.8. The van der Waals surface area contributed by atoms with Crippen molar-refractivity contribution in [2.75, 3.05) is 24.3 Å². The van der Waals surface area contributed by atoms with Gasteiger partial charge in [0.1, 0.15) is 0 Å². The van der Waals surface area contributed by atoms with Crippen molar-refractivity contribution in [2.24, 2.45) is 5.92 Å². The summed E-state index contributed by atoms with van der Waals surface area (Å²) in [6.45, 7) is 5.54. The molecule has 1 aliphatic rings. The lowest BCUT2D eigenvalue weighted by Crippen LogP contribution is -2.36. The second kappa shape index (κ2) is 6.82. The first-order chi connectivity index (χ1) is 9.61. The molecule has 20 heavy (non-hydrogen) atoms. The van der Waals surface area contributed by atoms with Crippen molar-refractivity contribution in [1.82, 2.24) is 4.98 Å². The Balaban J connectivity index is 2.24. The molecule has 0 bridgehead atoms. The maximum atomic E-state index is 6.16. The zero-order valence-electron chi connectivity index (χ0n) is 12.9. The van der Waals surface area contributed by atoms with E-state index < -0.39 is 0 Å². The number of hydrogen-bond donors (Lipinski definition) is 1. The highest BCUT2D eigenvalue weighted by Crippen LogP contribution is 2.32. The quantitative estimate of drug-likeness (QED) is 0.865. The van der Waals surface area contributed by atoms with Gasteiger partial charge in [-0.1, -0.05) is 26.7 Å². The molecule has 1 aromatic rings. The van der Waals surface area contributed by atoms with Crippen LogP contribution in [0.3, 0.4) is 0 Å². The summed E-state index contributed by atoms with van der Waals surface area (Å²) in [5.41, 5.74) is 6.91. The van der Waals surface area contributed by atoms with Crippen LogP contribution < -0.4 is 15.4 Å². The van der Waals surface area contributed by atoms with Gasteiger partial charge in [-0.25, -0.2) is 0 Å². The third kappa shape index (κ3) is 3.56. The number of hydrogen-bond acceptors (Lipinski definition) is 4. The number of ether oxygens (including phenoxy) is 1. The molecule has 0 aliphatic heterocycles. The van der Waals surface area contributed by atoms with Gasteiger partial charge in [0.05, 0.1) is 12.8 Å². The van der Waals surface area contributed by atoms with Crippen molar-refractivity contribution in [3.8, 4) is 5.88 Å². The van der Waals surface area contributed by atoms with Crippen molar-refractivity contribution in [3.05, 3.63) is 12.1 Å². The molecular weight excluding hydrogens is 250 g/mol. The van der Waals surface area contributed by atoms with Crippen LogP contribution in [0, 0.1) is 5.92 Å². The molecule has 0 spiro atoms. The first-order valence-electron chi connectivity index (χ1n) is 7.69. The van der Waals surface area contributed by atoms with Gasteiger partial charge < -0.3 is 15.4 Å². The van der Waals surface area contributed by atoms with Gasteiger partial charge in [-0.15, -0.1) is 0 Å². The van der Waals surface area contributed by atoms with Crippen LogP contribution in [0.25, 0.3) is 0 Å². The van der Waals surface area contributed by atoms with E-state index in [9.17, 15) is 0 Å². The Bertz CT molecular complexity index is 428. The Hall–Kier alpha value is -1.45. The van der Waals surface area contributed by atoms with Crippen LogP contribution in [0.1, 0.15) is 46.0 Å². The summed E-state index contributed by atoms with van der Waals surface area (Å²) in [4.78, 5) is 7.00. The Morgan fingerprint density at radius 2 is 2.05 bits per heavy atom. The van der Waals surface area contributed by atoms with Crippen LogP contribution in [0.15, 0.2) is 12.1 Å². The smallest absolute Gasteiger partial charge is 0.215 e. The van der Waals surface area contributed by atoms with E-state index in [1.807, 2.05) is 12.1 Å². The maximum absolute atomic E-state index is 6.16. The van der Waals surface area contributed by atoms with Crippen molar-refractivity contribution < 1.29 is 4.74 Å². The van der Waals surface area contributed by atoms with Crippen molar-refractivity contribution in [2.45, 2.75) is 52.0 Å². The number of pyridine rings is 1. The fourth-order valence-electron chi connectivity index (χ4n) is 2.86. The Labute approximate surface area is 122 Å². The van der Waals surface area contributed by atoms with Crippen LogP contribution in [0.5, 0.6) is 5.88 Å². The van der Waals surface area contributed by atoms with Gasteiger partial charge in [-0.05, 0) is 31.2 Å². The largest absolute Gasteiger partial charge is 0.481 e.